The van der Waals surface area contributed by atoms with Gasteiger partial charge in [-0.2, -0.15) is 0 Å². The molecule has 1 atom stereocenters. The zero-order chi connectivity index (χ0) is 22.1. The molecule has 0 heterocycles. The number of nitrogens with zero attached hydrogens (tertiary/aromatic N) is 2. The summed E-state index contributed by atoms with van der Waals surface area (Å²) in [4.78, 5) is 24.3. The van der Waals surface area contributed by atoms with Crippen LogP contribution < -0.4 is 9.64 Å². The van der Waals surface area contributed by atoms with Crippen molar-refractivity contribution in [1.82, 2.24) is 0 Å². The van der Waals surface area contributed by atoms with Crippen LogP contribution in [0, 0.1) is 10.1 Å². The fraction of sp³-hybridized carbons (Fsp3) is 0.318. The zero-order valence-electron chi connectivity index (χ0n) is 17.3. The van der Waals surface area contributed by atoms with Crippen LogP contribution in [0.3, 0.4) is 0 Å². The van der Waals surface area contributed by atoms with E-state index in [4.69, 9.17) is 4.74 Å². The number of benzene rings is 2. The van der Waals surface area contributed by atoms with Crippen molar-refractivity contribution in [2.24, 2.45) is 0 Å². The van der Waals surface area contributed by atoms with Gasteiger partial charge in [-0.15, -0.1) is 0 Å². The van der Waals surface area contributed by atoms with Gasteiger partial charge in [0.1, 0.15) is 11.4 Å². The third-order valence-corrected chi connectivity index (χ3v) is 4.27. The lowest BCUT2D eigenvalue weighted by atomic mass is 10.1. The predicted molar refractivity (Wildman–Crippen MR) is 114 cm³/mol. The van der Waals surface area contributed by atoms with Crippen molar-refractivity contribution in [1.29, 1.82) is 0 Å². The maximum Gasteiger partial charge on any atom is 0.330 e. The second-order valence-corrected chi connectivity index (χ2v) is 6.63. The SMILES string of the molecule is CCOc1ccccc1CN(CC(C)O)c1ccc(/C=C/C(=O)OC)cc1[N+](=O)[O-]. The third-order valence-electron chi connectivity index (χ3n) is 4.27. The number of rotatable bonds is 10. The first-order valence-electron chi connectivity index (χ1n) is 9.53. The highest BCUT2D eigenvalue weighted by atomic mass is 16.6. The molecule has 1 N–H and O–H groups in total. The number of nitro groups is 1. The van der Waals surface area contributed by atoms with Crippen LogP contribution in [0.15, 0.2) is 48.5 Å². The van der Waals surface area contributed by atoms with Gasteiger partial charge in [-0.05, 0) is 37.6 Å². The highest BCUT2D eigenvalue weighted by Gasteiger charge is 2.22. The summed E-state index contributed by atoms with van der Waals surface area (Å²) in [7, 11) is 1.26. The van der Waals surface area contributed by atoms with Crippen molar-refractivity contribution in [3.63, 3.8) is 0 Å². The quantitative estimate of drug-likeness (QED) is 0.274. The monoisotopic (exact) mass is 414 g/mol. The molecule has 2 aromatic carbocycles. The lowest BCUT2D eigenvalue weighted by Gasteiger charge is -2.27. The van der Waals surface area contributed by atoms with Gasteiger partial charge >= 0.3 is 5.97 Å². The Balaban J connectivity index is 2.44. The Morgan fingerprint density at radius 3 is 2.67 bits per heavy atom. The van der Waals surface area contributed by atoms with Gasteiger partial charge in [0.25, 0.3) is 5.69 Å². The molecule has 0 aromatic heterocycles. The van der Waals surface area contributed by atoms with Crippen LogP contribution in [0.1, 0.15) is 25.0 Å². The number of methoxy groups -OCH3 is 1. The maximum atomic E-state index is 11.8. The minimum Gasteiger partial charge on any atom is -0.494 e. The van der Waals surface area contributed by atoms with E-state index in [1.54, 1.807) is 24.0 Å². The molecular formula is C22H26N2O6. The number of aliphatic hydroxyl groups excluding tert-OH is 1. The molecule has 0 saturated carbocycles. The van der Waals surface area contributed by atoms with Crippen LogP contribution in [0.2, 0.25) is 0 Å². The van der Waals surface area contributed by atoms with Crippen molar-refractivity contribution in [3.05, 3.63) is 69.8 Å². The summed E-state index contributed by atoms with van der Waals surface area (Å²) in [6, 6.07) is 12.1. The van der Waals surface area contributed by atoms with Gasteiger partial charge in [0, 0.05) is 30.8 Å². The summed E-state index contributed by atoms with van der Waals surface area (Å²) >= 11 is 0. The first-order valence-corrected chi connectivity index (χ1v) is 9.53. The van der Waals surface area contributed by atoms with Crippen LogP contribution in [0.5, 0.6) is 5.75 Å². The molecule has 8 heteroatoms. The van der Waals surface area contributed by atoms with Gasteiger partial charge in [0.2, 0.25) is 0 Å². The molecule has 30 heavy (non-hydrogen) atoms. The lowest BCUT2D eigenvalue weighted by Crippen LogP contribution is -2.31. The number of esters is 1. The van der Waals surface area contributed by atoms with E-state index in [1.807, 2.05) is 31.2 Å². The second kappa shape index (κ2) is 11.0. The summed E-state index contributed by atoms with van der Waals surface area (Å²) in [5.41, 5.74) is 1.57. The number of para-hydroxylation sites is 1. The largest absolute Gasteiger partial charge is 0.494 e. The molecular weight excluding hydrogens is 388 g/mol. The van der Waals surface area contributed by atoms with Gasteiger partial charge in [0.05, 0.1) is 24.7 Å². The molecule has 2 rings (SSSR count). The van der Waals surface area contributed by atoms with Gasteiger partial charge in [0.15, 0.2) is 0 Å². The number of carbonyl (C=O) groups excluding carboxylic acids is 1. The van der Waals surface area contributed by atoms with E-state index in [2.05, 4.69) is 4.74 Å². The molecule has 0 fully saturated rings. The number of hydrogen-bond acceptors (Lipinski definition) is 7. The molecule has 2 aromatic rings. The van der Waals surface area contributed by atoms with Crippen molar-refractivity contribution in [2.75, 3.05) is 25.2 Å². The van der Waals surface area contributed by atoms with E-state index >= 15 is 0 Å². The minimum atomic E-state index is -0.706. The lowest BCUT2D eigenvalue weighted by molar-refractivity contribution is -0.384. The highest BCUT2D eigenvalue weighted by Crippen LogP contribution is 2.32. The molecule has 0 spiro atoms. The van der Waals surface area contributed by atoms with Gasteiger partial charge in [-0.3, -0.25) is 10.1 Å². The second-order valence-electron chi connectivity index (χ2n) is 6.63. The number of carbonyl (C=O) groups is 1. The first-order chi connectivity index (χ1) is 14.3. The van der Waals surface area contributed by atoms with Crippen LogP contribution in [0.4, 0.5) is 11.4 Å². The summed E-state index contributed by atoms with van der Waals surface area (Å²) in [5.74, 6) is 0.140. The van der Waals surface area contributed by atoms with Gasteiger partial charge in [-0.1, -0.05) is 24.3 Å². The molecule has 1 unspecified atom stereocenters. The van der Waals surface area contributed by atoms with Crippen LogP contribution in [-0.2, 0) is 16.1 Å². The number of aliphatic hydroxyl groups is 1. The smallest absolute Gasteiger partial charge is 0.330 e. The Morgan fingerprint density at radius 2 is 2.03 bits per heavy atom. The number of nitro benzene ring substituents is 1. The van der Waals surface area contributed by atoms with E-state index in [-0.39, 0.29) is 12.2 Å². The molecule has 8 nitrogen and oxygen atoms in total. The number of ether oxygens (including phenoxy) is 2. The molecule has 0 aliphatic heterocycles. The van der Waals surface area contributed by atoms with E-state index in [1.165, 1.54) is 25.3 Å². The molecule has 0 amide bonds. The fourth-order valence-electron chi connectivity index (χ4n) is 2.99. The number of hydrogen-bond donors (Lipinski definition) is 1. The Labute approximate surface area is 175 Å². The zero-order valence-corrected chi connectivity index (χ0v) is 17.3. The summed E-state index contributed by atoms with van der Waals surface area (Å²) in [6.07, 6.45) is 1.94. The highest BCUT2D eigenvalue weighted by molar-refractivity contribution is 5.87. The van der Waals surface area contributed by atoms with E-state index in [0.29, 0.717) is 30.2 Å². The summed E-state index contributed by atoms with van der Waals surface area (Å²) in [5, 5.41) is 21.7. The molecule has 160 valence electrons. The van der Waals surface area contributed by atoms with Crippen molar-refractivity contribution < 1.29 is 24.3 Å². The summed E-state index contributed by atoms with van der Waals surface area (Å²) in [6.45, 7) is 4.52. The molecule has 0 saturated heterocycles. The maximum absolute atomic E-state index is 11.8. The topological polar surface area (TPSA) is 102 Å². The van der Waals surface area contributed by atoms with Crippen molar-refractivity contribution in [2.45, 2.75) is 26.5 Å². The normalized spacial score (nSPS) is 11.9. The average Bonchev–Trinajstić information content (AvgIpc) is 2.72. The van der Waals surface area contributed by atoms with Crippen LogP contribution in [-0.4, -0.2) is 42.4 Å². The minimum absolute atomic E-state index is 0.128. The predicted octanol–water partition coefficient (Wildman–Crippen LogP) is 3.57. The molecule has 0 aliphatic rings. The van der Waals surface area contributed by atoms with E-state index in [0.717, 1.165) is 5.56 Å². The first kappa shape index (κ1) is 22.9. The third kappa shape index (κ3) is 6.31. The molecule has 0 bridgehead atoms. The molecule has 0 aliphatic carbocycles. The average molecular weight is 414 g/mol. The Kier molecular flexibility index (Phi) is 8.37. The van der Waals surface area contributed by atoms with Crippen molar-refractivity contribution in [3.8, 4) is 5.75 Å². The van der Waals surface area contributed by atoms with Gasteiger partial charge < -0.3 is 19.5 Å². The standard InChI is InChI=1S/C22H26N2O6/c1-4-30-21-8-6-5-7-18(21)15-23(14-16(2)25)19-11-9-17(10-12-22(26)29-3)13-20(19)24(27)28/h5-13,16,25H,4,14-15H2,1-3H3/b12-10+. The van der Waals surface area contributed by atoms with E-state index < -0.39 is 17.0 Å². The van der Waals surface area contributed by atoms with Crippen molar-refractivity contribution >= 4 is 23.4 Å². The Morgan fingerprint density at radius 1 is 1.30 bits per heavy atom. The summed E-state index contributed by atoms with van der Waals surface area (Å²) < 4.78 is 10.2. The Hall–Kier alpha value is -3.39. The van der Waals surface area contributed by atoms with E-state index in [9.17, 15) is 20.0 Å². The number of anilines is 1. The molecule has 0 radical (unpaired) electrons. The van der Waals surface area contributed by atoms with Crippen LogP contribution >= 0.6 is 0 Å². The fourth-order valence-corrected chi connectivity index (χ4v) is 2.99. The van der Waals surface area contributed by atoms with Gasteiger partial charge in [-0.25, -0.2) is 4.79 Å². The van der Waals surface area contributed by atoms with Crippen LogP contribution in [0.25, 0.3) is 6.08 Å². The Bertz CT molecular complexity index is 910.